The number of aromatic nitrogens is 2. The monoisotopic (exact) mass is 374 g/mol. The second-order valence-electron chi connectivity index (χ2n) is 8.01. The van der Waals surface area contributed by atoms with Crippen molar-refractivity contribution in [1.82, 2.24) is 14.5 Å². The summed E-state index contributed by atoms with van der Waals surface area (Å²) in [5, 5.41) is 2.81. The topological polar surface area (TPSA) is 50.2 Å². The van der Waals surface area contributed by atoms with Crippen molar-refractivity contribution in [3.8, 4) is 11.1 Å². The van der Waals surface area contributed by atoms with Crippen molar-refractivity contribution < 1.29 is 4.79 Å². The van der Waals surface area contributed by atoms with Gasteiger partial charge in [0, 0.05) is 44.7 Å². The first kappa shape index (κ1) is 17.4. The smallest absolute Gasteiger partial charge is 0.221 e. The second kappa shape index (κ2) is 7.06. The third kappa shape index (κ3) is 3.20. The molecule has 0 saturated heterocycles. The maximum Gasteiger partial charge on any atom is 0.221 e. The highest BCUT2D eigenvalue weighted by molar-refractivity contribution is 5.89. The minimum atomic E-state index is -0.0513. The van der Waals surface area contributed by atoms with Crippen LogP contribution in [-0.4, -0.2) is 39.5 Å². The number of carbonyl (C=O) groups excluding carboxylic acids is 1. The third-order valence-corrected chi connectivity index (χ3v) is 6.19. The number of anilines is 1. The molecule has 2 aromatic carbocycles. The van der Waals surface area contributed by atoms with E-state index in [0.29, 0.717) is 0 Å². The summed E-state index contributed by atoms with van der Waals surface area (Å²) in [7, 11) is 0. The van der Waals surface area contributed by atoms with E-state index in [-0.39, 0.29) is 5.91 Å². The van der Waals surface area contributed by atoms with Gasteiger partial charge < -0.3 is 9.88 Å². The molecule has 2 heterocycles. The fraction of sp³-hybridized carbons (Fsp3) is 0.391. The average Bonchev–Trinajstić information content (AvgIpc) is 2.87. The number of nitrogens with zero attached hydrogens (tertiary/aromatic N) is 3. The molecule has 1 aliphatic heterocycles. The molecule has 1 aromatic heterocycles. The first-order valence-corrected chi connectivity index (χ1v) is 10.3. The molecule has 0 atom stereocenters. The SMILES string of the molecule is CC(=O)Nc1ccc(-c2ccc3c(c2)nc2n3CCN(C3CCC3)CC2)cc1. The van der Waals surface area contributed by atoms with Crippen LogP contribution in [0.5, 0.6) is 0 Å². The zero-order valence-electron chi connectivity index (χ0n) is 16.3. The van der Waals surface area contributed by atoms with Crippen LogP contribution in [0.2, 0.25) is 0 Å². The number of carbonyl (C=O) groups is 1. The fourth-order valence-corrected chi connectivity index (χ4v) is 4.45. The molecule has 1 aliphatic carbocycles. The number of imidazole rings is 1. The van der Waals surface area contributed by atoms with Crippen LogP contribution in [0.15, 0.2) is 42.5 Å². The molecule has 1 saturated carbocycles. The summed E-state index contributed by atoms with van der Waals surface area (Å²) in [4.78, 5) is 18.8. The van der Waals surface area contributed by atoms with E-state index < -0.39 is 0 Å². The minimum absolute atomic E-state index is 0.0513. The Morgan fingerprint density at radius 1 is 1.04 bits per heavy atom. The largest absolute Gasteiger partial charge is 0.327 e. The van der Waals surface area contributed by atoms with E-state index in [1.54, 1.807) is 0 Å². The Morgan fingerprint density at radius 2 is 1.82 bits per heavy atom. The van der Waals surface area contributed by atoms with Gasteiger partial charge in [0.15, 0.2) is 0 Å². The second-order valence-corrected chi connectivity index (χ2v) is 8.01. The van der Waals surface area contributed by atoms with Crippen molar-refractivity contribution in [2.45, 2.75) is 45.2 Å². The van der Waals surface area contributed by atoms with Crippen LogP contribution in [0, 0.1) is 0 Å². The molecule has 28 heavy (non-hydrogen) atoms. The molecule has 5 rings (SSSR count). The molecule has 1 amide bonds. The predicted molar refractivity (Wildman–Crippen MR) is 112 cm³/mol. The Kier molecular flexibility index (Phi) is 4.40. The lowest BCUT2D eigenvalue weighted by Gasteiger charge is -2.36. The first-order chi connectivity index (χ1) is 13.7. The van der Waals surface area contributed by atoms with E-state index in [0.717, 1.165) is 54.4 Å². The molecule has 1 fully saturated rings. The molecule has 0 spiro atoms. The number of benzene rings is 2. The number of fused-ring (bicyclic) bond motifs is 3. The van der Waals surface area contributed by atoms with Gasteiger partial charge in [0.05, 0.1) is 11.0 Å². The van der Waals surface area contributed by atoms with E-state index in [1.807, 2.05) is 24.3 Å². The van der Waals surface area contributed by atoms with E-state index in [1.165, 1.54) is 37.5 Å². The van der Waals surface area contributed by atoms with Gasteiger partial charge in [-0.1, -0.05) is 24.6 Å². The molecule has 0 radical (unpaired) electrons. The van der Waals surface area contributed by atoms with Crippen LogP contribution in [0.4, 0.5) is 5.69 Å². The standard InChI is InChI=1S/C23H26N4O/c1-16(28)24-19-8-5-17(6-9-19)18-7-10-22-21(15-18)25-23-11-12-26(13-14-27(22)23)20-3-2-4-20/h5-10,15,20H,2-4,11-14H2,1H3,(H,24,28). The highest BCUT2D eigenvalue weighted by Gasteiger charge is 2.27. The van der Waals surface area contributed by atoms with Gasteiger partial charge in [0.2, 0.25) is 5.91 Å². The number of rotatable bonds is 3. The number of nitrogens with one attached hydrogen (secondary N) is 1. The Labute approximate surface area is 165 Å². The Morgan fingerprint density at radius 3 is 2.54 bits per heavy atom. The van der Waals surface area contributed by atoms with Crippen molar-refractivity contribution in [2.24, 2.45) is 0 Å². The molecule has 3 aromatic rings. The van der Waals surface area contributed by atoms with Gasteiger partial charge >= 0.3 is 0 Å². The molecule has 144 valence electrons. The molecule has 0 unspecified atom stereocenters. The van der Waals surface area contributed by atoms with Crippen LogP contribution in [0.3, 0.4) is 0 Å². The van der Waals surface area contributed by atoms with Gasteiger partial charge in [-0.25, -0.2) is 4.98 Å². The lowest BCUT2D eigenvalue weighted by atomic mass is 9.91. The molecule has 5 nitrogen and oxygen atoms in total. The zero-order chi connectivity index (χ0) is 19.1. The molecule has 1 N–H and O–H groups in total. The maximum absolute atomic E-state index is 11.2. The van der Waals surface area contributed by atoms with Crippen LogP contribution in [-0.2, 0) is 17.8 Å². The van der Waals surface area contributed by atoms with Crippen molar-refractivity contribution in [2.75, 3.05) is 18.4 Å². The molecular weight excluding hydrogens is 348 g/mol. The number of hydrogen-bond acceptors (Lipinski definition) is 3. The molecular formula is C23H26N4O. The average molecular weight is 374 g/mol. The van der Waals surface area contributed by atoms with Gasteiger partial charge in [-0.05, 0) is 48.2 Å². The summed E-state index contributed by atoms with van der Waals surface area (Å²) >= 11 is 0. The van der Waals surface area contributed by atoms with E-state index in [9.17, 15) is 4.79 Å². The molecule has 5 heteroatoms. The Balaban J connectivity index is 1.40. The van der Waals surface area contributed by atoms with E-state index >= 15 is 0 Å². The zero-order valence-corrected chi connectivity index (χ0v) is 16.3. The van der Waals surface area contributed by atoms with Crippen molar-refractivity contribution in [1.29, 1.82) is 0 Å². The van der Waals surface area contributed by atoms with Gasteiger partial charge in [-0.2, -0.15) is 0 Å². The molecule has 2 aliphatic rings. The summed E-state index contributed by atoms with van der Waals surface area (Å²) in [6, 6.07) is 15.4. The highest BCUT2D eigenvalue weighted by atomic mass is 16.1. The van der Waals surface area contributed by atoms with Crippen molar-refractivity contribution in [3.05, 3.63) is 48.3 Å². The number of hydrogen-bond donors (Lipinski definition) is 1. The van der Waals surface area contributed by atoms with Gasteiger partial charge in [0.25, 0.3) is 0 Å². The van der Waals surface area contributed by atoms with Crippen molar-refractivity contribution in [3.63, 3.8) is 0 Å². The van der Waals surface area contributed by atoms with E-state index in [4.69, 9.17) is 4.98 Å². The number of amides is 1. The quantitative estimate of drug-likeness (QED) is 0.752. The van der Waals surface area contributed by atoms with Crippen LogP contribution in [0.25, 0.3) is 22.2 Å². The Bertz CT molecular complexity index is 1020. The van der Waals surface area contributed by atoms with E-state index in [2.05, 4.69) is 33.0 Å². The van der Waals surface area contributed by atoms with Crippen LogP contribution < -0.4 is 5.32 Å². The Hall–Kier alpha value is -2.66. The summed E-state index contributed by atoms with van der Waals surface area (Å²) < 4.78 is 2.41. The maximum atomic E-state index is 11.2. The van der Waals surface area contributed by atoms with Crippen LogP contribution >= 0.6 is 0 Å². The van der Waals surface area contributed by atoms with Crippen LogP contribution in [0.1, 0.15) is 32.0 Å². The van der Waals surface area contributed by atoms with Gasteiger partial charge in [-0.3, -0.25) is 9.69 Å². The minimum Gasteiger partial charge on any atom is -0.327 e. The first-order valence-electron chi connectivity index (χ1n) is 10.3. The predicted octanol–water partition coefficient (Wildman–Crippen LogP) is 4.07. The van der Waals surface area contributed by atoms with Gasteiger partial charge in [0.1, 0.15) is 5.82 Å². The fourth-order valence-electron chi connectivity index (χ4n) is 4.45. The summed E-state index contributed by atoms with van der Waals surface area (Å²) in [5.74, 6) is 1.17. The summed E-state index contributed by atoms with van der Waals surface area (Å²) in [5.41, 5.74) is 5.43. The summed E-state index contributed by atoms with van der Waals surface area (Å²) in [6.45, 7) is 4.82. The normalized spacial score (nSPS) is 17.8. The molecule has 0 bridgehead atoms. The third-order valence-electron chi connectivity index (χ3n) is 6.19. The highest BCUT2D eigenvalue weighted by Crippen LogP contribution is 2.29. The van der Waals surface area contributed by atoms with Crippen molar-refractivity contribution >= 4 is 22.6 Å². The summed E-state index contributed by atoms with van der Waals surface area (Å²) in [6.07, 6.45) is 5.16. The lowest BCUT2D eigenvalue weighted by molar-refractivity contribution is -0.114. The lowest BCUT2D eigenvalue weighted by Crippen LogP contribution is -2.41. The van der Waals surface area contributed by atoms with Gasteiger partial charge in [-0.15, -0.1) is 0 Å².